The number of hydrogen-bond acceptors (Lipinski definition) is 10. The molecule has 1 fully saturated rings. The van der Waals surface area contributed by atoms with E-state index in [2.05, 4.69) is 0 Å². The average molecular weight is 669 g/mol. The zero-order valence-electron chi connectivity index (χ0n) is 29.7. The van der Waals surface area contributed by atoms with Gasteiger partial charge in [-0.25, -0.2) is 4.79 Å². The van der Waals surface area contributed by atoms with Crippen molar-refractivity contribution in [3.05, 3.63) is 89.5 Å². The Kier molecular flexibility index (Phi) is 14.8. The van der Waals surface area contributed by atoms with E-state index in [0.717, 1.165) is 16.9 Å². The van der Waals surface area contributed by atoms with E-state index in [0.29, 0.717) is 25.2 Å². The molecule has 10 nitrogen and oxygen atoms in total. The van der Waals surface area contributed by atoms with Crippen LogP contribution in [0.25, 0.3) is 0 Å². The summed E-state index contributed by atoms with van der Waals surface area (Å²) < 4.78 is 47.7. The van der Waals surface area contributed by atoms with Gasteiger partial charge in [-0.05, 0) is 49.1 Å². The topological polar surface area (TPSA) is 108 Å². The third-order valence-electron chi connectivity index (χ3n) is 8.63. The summed E-state index contributed by atoms with van der Waals surface area (Å²) in [5, 5.41) is 0. The van der Waals surface area contributed by atoms with E-state index < -0.39 is 41.5 Å². The summed E-state index contributed by atoms with van der Waals surface area (Å²) in [7, 11) is 6.05. The van der Waals surface area contributed by atoms with Crippen LogP contribution in [0.15, 0.2) is 78.4 Å². The van der Waals surface area contributed by atoms with Crippen molar-refractivity contribution >= 4 is 11.9 Å². The van der Waals surface area contributed by atoms with Gasteiger partial charge in [0.2, 0.25) is 5.79 Å². The molecule has 0 aliphatic carbocycles. The van der Waals surface area contributed by atoms with Crippen molar-refractivity contribution in [1.29, 1.82) is 0 Å². The number of carbonyl (C=O) groups excluding carboxylic acids is 2. The SMILES string of the molecule is COC(=O)/C=C1\C[C@@H](C[C@@H](OCc2ccc(OC)cc2)[C@@H](C)OCc2ccccc2)O[C@@](OC)(C(C)(C)/C=C/C(C)OC)[C@H]1OC(C)=O. The van der Waals surface area contributed by atoms with E-state index in [4.69, 9.17) is 37.9 Å². The number of methoxy groups -OCH3 is 4. The Morgan fingerprint density at radius 1 is 0.958 bits per heavy atom. The zero-order valence-corrected chi connectivity index (χ0v) is 29.7. The number of esters is 2. The Labute approximate surface area is 285 Å². The summed E-state index contributed by atoms with van der Waals surface area (Å²) in [5.41, 5.74) is 1.61. The molecule has 48 heavy (non-hydrogen) atoms. The third-order valence-corrected chi connectivity index (χ3v) is 8.63. The molecular weight excluding hydrogens is 616 g/mol. The van der Waals surface area contributed by atoms with E-state index in [1.807, 2.05) is 94.4 Å². The maximum atomic E-state index is 12.7. The van der Waals surface area contributed by atoms with Crippen molar-refractivity contribution < 1.29 is 47.5 Å². The molecule has 10 heteroatoms. The van der Waals surface area contributed by atoms with Crippen LogP contribution in [-0.2, 0) is 56.0 Å². The number of rotatable bonds is 17. The van der Waals surface area contributed by atoms with Crippen molar-refractivity contribution in [2.45, 2.75) is 97.0 Å². The lowest BCUT2D eigenvalue weighted by Crippen LogP contribution is -2.63. The van der Waals surface area contributed by atoms with Crippen molar-refractivity contribution in [3.63, 3.8) is 0 Å². The van der Waals surface area contributed by atoms with Crippen LogP contribution in [0.4, 0.5) is 0 Å². The van der Waals surface area contributed by atoms with Gasteiger partial charge in [0.15, 0.2) is 6.10 Å². The zero-order chi connectivity index (χ0) is 35.3. The molecule has 1 aliphatic heterocycles. The Morgan fingerprint density at radius 3 is 2.19 bits per heavy atom. The van der Waals surface area contributed by atoms with Crippen LogP contribution in [0.5, 0.6) is 5.75 Å². The lowest BCUT2D eigenvalue weighted by atomic mass is 9.74. The molecule has 0 bridgehead atoms. The maximum absolute atomic E-state index is 12.7. The summed E-state index contributed by atoms with van der Waals surface area (Å²) in [4.78, 5) is 25.2. The summed E-state index contributed by atoms with van der Waals surface area (Å²) >= 11 is 0. The van der Waals surface area contributed by atoms with Crippen LogP contribution in [0, 0.1) is 5.41 Å². The normalized spacial score (nSPS) is 22.6. The van der Waals surface area contributed by atoms with E-state index in [9.17, 15) is 9.59 Å². The fraction of sp³-hybridized carbons (Fsp3) is 0.526. The van der Waals surface area contributed by atoms with Gasteiger partial charge >= 0.3 is 11.9 Å². The second kappa shape index (κ2) is 18.3. The first-order valence-corrected chi connectivity index (χ1v) is 16.2. The highest BCUT2D eigenvalue weighted by Gasteiger charge is 2.59. The van der Waals surface area contributed by atoms with Gasteiger partial charge in [0.1, 0.15) is 5.75 Å². The first kappa shape index (κ1) is 38.9. The van der Waals surface area contributed by atoms with Crippen LogP contribution in [-0.4, -0.2) is 76.7 Å². The van der Waals surface area contributed by atoms with Gasteiger partial charge in [0, 0.05) is 39.1 Å². The third kappa shape index (κ3) is 10.5. The minimum Gasteiger partial charge on any atom is -0.497 e. The van der Waals surface area contributed by atoms with Crippen LogP contribution in [0.1, 0.15) is 58.6 Å². The highest BCUT2D eigenvalue weighted by molar-refractivity contribution is 5.83. The number of hydrogen-bond donors (Lipinski definition) is 0. The van der Waals surface area contributed by atoms with Crippen molar-refractivity contribution in [1.82, 2.24) is 0 Å². The Bertz CT molecular complexity index is 1350. The Balaban J connectivity index is 2.02. The van der Waals surface area contributed by atoms with Gasteiger partial charge in [-0.15, -0.1) is 0 Å². The number of ether oxygens (including phenoxy) is 8. The summed E-state index contributed by atoms with van der Waals surface area (Å²) in [6.45, 7) is 9.76. The maximum Gasteiger partial charge on any atom is 0.330 e. The molecule has 1 aliphatic rings. The number of carbonyl (C=O) groups is 2. The smallest absolute Gasteiger partial charge is 0.330 e. The lowest BCUT2D eigenvalue weighted by molar-refractivity contribution is -0.338. The lowest BCUT2D eigenvalue weighted by Gasteiger charge is -2.53. The fourth-order valence-electron chi connectivity index (χ4n) is 5.73. The standard InChI is InChI=1S/C38H52O10/c1-26(41-6)19-20-37(4,5)38(44-9)36(47-28(3)39)31(22-35(40)43-8)21-33(48-38)23-34(27(2)45-24-29-13-11-10-12-14-29)46-25-30-15-17-32(42-7)18-16-30/h10-20,22,26-27,33-34,36H,21,23-25H2,1-9H3/b20-19+,31-22+/t26?,27-,33+,34-,36+,38-/m1/s1. The molecule has 2 aromatic rings. The molecule has 1 heterocycles. The molecule has 1 saturated heterocycles. The molecule has 0 spiro atoms. The summed E-state index contributed by atoms with van der Waals surface area (Å²) in [6, 6.07) is 17.6. The second-order valence-corrected chi connectivity index (χ2v) is 12.5. The molecule has 1 unspecified atom stereocenters. The molecule has 0 radical (unpaired) electrons. The van der Waals surface area contributed by atoms with Crippen LogP contribution in [0.2, 0.25) is 0 Å². The first-order chi connectivity index (χ1) is 22.9. The van der Waals surface area contributed by atoms with E-state index >= 15 is 0 Å². The van der Waals surface area contributed by atoms with Gasteiger partial charge < -0.3 is 37.9 Å². The van der Waals surface area contributed by atoms with E-state index in [1.54, 1.807) is 14.2 Å². The van der Waals surface area contributed by atoms with Crippen molar-refractivity contribution in [2.75, 3.05) is 28.4 Å². The number of benzene rings is 2. The predicted molar refractivity (Wildman–Crippen MR) is 181 cm³/mol. The monoisotopic (exact) mass is 668 g/mol. The molecule has 3 rings (SSSR count). The van der Waals surface area contributed by atoms with Gasteiger partial charge in [-0.1, -0.05) is 68.5 Å². The summed E-state index contributed by atoms with van der Waals surface area (Å²) in [5.74, 6) is -1.92. The Morgan fingerprint density at radius 2 is 1.60 bits per heavy atom. The fourth-order valence-corrected chi connectivity index (χ4v) is 5.73. The van der Waals surface area contributed by atoms with Gasteiger partial charge in [0.25, 0.3) is 0 Å². The van der Waals surface area contributed by atoms with E-state index in [1.165, 1.54) is 27.2 Å². The van der Waals surface area contributed by atoms with Crippen LogP contribution in [0.3, 0.4) is 0 Å². The van der Waals surface area contributed by atoms with Crippen LogP contribution < -0.4 is 4.74 Å². The molecule has 2 aromatic carbocycles. The largest absolute Gasteiger partial charge is 0.497 e. The quantitative estimate of drug-likeness (QED) is 0.107. The predicted octanol–water partition coefficient (Wildman–Crippen LogP) is 6.36. The second-order valence-electron chi connectivity index (χ2n) is 12.5. The minimum absolute atomic E-state index is 0.201. The molecule has 0 amide bonds. The minimum atomic E-state index is -1.54. The van der Waals surface area contributed by atoms with Crippen LogP contribution >= 0.6 is 0 Å². The highest BCUT2D eigenvalue weighted by atomic mass is 16.7. The molecular formula is C38H52O10. The summed E-state index contributed by atoms with van der Waals surface area (Å²) in [6.07, 6.45) is 3.21. The average Bonchev–Trinajstić information content (AvgIpc) is 3.09. The molecule has 0 saturated carbocycles. The molecule has 0 aromatic heterocycles. The highest BCUT2D eigenvalue weighted by Crippen LogP contribution is 2.49. The molecule has 264 valence electrons. The van der Waals surface area contributed by atoms with Crippen molar-refractivity contribution in [3.8, 4) is 5.75 Å². The van der Waals surface area contributed by atoms with Crippen molar-refractivity contribution in [2.24, 2.45) is 5.41 Å². The Hall–Kier alpha value is -3.54. The molecule has 0 N–H and O–H groups in total. The van der Waals surface area contributed by atoms with Gasteiger partial charge in [0.05, 0.1) is 51.8 Å². The van der Waals surface area contributed by atoms with Gasteiger partial charge in [-0.3, -0.25) is 4.79 Å². The first-order valence-electron chi connectivity index (χ1n) is 16.2. The van der Waals surface area contributed by atoms with E-state index in [-0.39, 0.29) is 18.6 Å². The van der Waals surface area contributed by atoms with Gasteiger partial charge in [-0.2, -0.15) is 0 Å². The molecule has 6 atom stereocenters.